The van der Waals surface area contributed by atoms with Gasteiger partial charge < -0.3 is 9.47 Å². The Kier molecular flexibility index (Phi) is 4.63. The minimum atomic E-state index is -0.383. The van der Waals surface area contributed by atoms with Crippen LogP contribution in [0.25, 0.3) is 0 Å². The Balaban J connectivity index is 2.12. The summed E-state index contributed by atoms with van der Waals surface area (Å²) in [6.45, 7) is 8.59. The molecule has 19 heavy (non-hydrogen) atoms. The molecule has 0 unspecified atom stereocenters. The van der Waals surface area contributed by atoms with Crippen LogP contribution < -0.4 is 0 Å². The molecule has 0 spiro atoms. The van der Waals surface area contributed by atoms with Crippen molar-refractivity contribution in [2.75, 3.05) is 7.11 Å². The van der Waals surface area contributed by atoms with Crippen molar-refractivity contribution in [2.45, 2.75) is 69.3 Å². The zero-order chi connectivity index (χ0) is 14.2. The Morgan fingerprint density at radius 2 is 2.11 bits per heavy atom. The molecule has 2 fully saturated rings. The van der Waals surface area contributed by atoms with E-state index in [-0.39, 0.29) is 28.2 Å². The van der Waals surface area contributed by atoms with Crippen molar-refractivity contribution in [3.63, 3.8) is 0 Å². The predicted molar refractivity (Wildman–Crippen MR) is 78.3 cm³/mol. The number of carbonyl (C=O) groups is 1. The highest BCUT2D eigenvalue weighted by molar-refractivity contribution is 8.01. The average Bonchev–Trinajstić information content (AvgIpc) is 2.35. The first kappa shape index (κ1) is 15.3. The fraction of sp³-hybridized carbons (Fsp3) is 0.933. The van der Waals surface area contributed by atoms with Gasteiger partial charge in [-0.1, -0.05) is 27.2 Å². The Hall–Kier alpha value is -0.0600. The molecule has 0 radical (unpaired) electrons. The number of methoxy groups -OCH3 is 1. The Bertz CT molecular complexity index is 342. The topological polar surface area (TPSA) is 35.5 Å². The monoisotopic (exact) mass is 286 g/mol. The van der Waals surface area contributed by atoms with Crippen LogP contribution in [0.15, 0.2) is 0 Å². The highest BCUT2D eigenvalue weighted by Gasteiger charge is 2.48. The molecule has 0 aromatic carbocycles. The molecule has 1 aliphatic carbocycles. The number of hydrogen-bond acceptors (Lipinski definition) is 4. The van der Waals surface area contributed by atoms with Gasteiger partial charge in [0.2, 0.25) is 0 Å². The van der Waals surface area contributed by atoms with Crippen LogP contribution in [0.4, 0.5) is 0 Å². The van der Waals surface area contributed by atoms with E-state index < -0.39 is 0 Å². The van der Waals surface area contributed by atoms with Crippen molar-refractivity contribution in [2.24, 2.45) is 11.8 Å². The molecule has 0 amide bonds. The minimum Gasteiger partial charge on any atom is -0.374 e. The highest BCUT2D eigenvalue weighted by Crippen LogP contribution is 2.50. The molecular formula is C15H26O3S. The number of rotatable bonds is 3. The van der Waals surface area contributed by atoms with Gasteiger partial charge in [-0.2, -0.15) is 0 Å². The van der Waals surface area contributed by atoms with Crippen LogP contribution in [0.1, 0.15) is 47.0 Å². The van der Waals surface area contributed by atoms with Gasteiger partial charge in [0.1, 0.15) is 6.10 Å². The molecule has 110 valence electrons. The van der Waals surface area contributed by atoms with E-state index >= 15 is 0 Å². The summed E-state index contributed by atoms with van der Waals surface area (Å²) in [4.78, 5) is 12.3. The van der Waals surface area contributed by atoms with Gasteiger partial charge in [0, 0.05) is 11.9 Å². The normalized spacial score (nSPS) is 39.4. The lowest BCUT2D eigenvalue weighted by atomic mass is 9.75. The summed E-state index contributed by atoms with van der Waals surface area (Å²) in [5.41, 5.74) is -0.364. The standard InChI is InChI=1S/C15H26O3S/c1-9-6-7-11-12(8-9)18-14(19-15(11,3)4)13(16)10(2)17-5/h9-12,14H,6-8H2,1-5H3/t9-,10-,11+,12-,14-/m1/s1. The zero-order valence-corrected chi connectivity index (χ0v) is 13.5. The molecule has 2 rings (SSSR count). The average molecular weight is 286 g/mol. The molecule has 5 atom stereocenters. The van der Waals surface area contributed by atoms with Crippen LogP contribution in [0, 0.1) is 11.8 Å². The maximum absolute atomic E-state index is 12.3. The summed E-state index contributed by atoms with van der Waals surface area (Å²) in [6, 6.07) is 0. The third kappa shape index (κ3) is 3.17. The zero-order valence-electron chi connectivity index (χ0n) is 12.6. The molecule has 0 N–H and O–H groups in total. The van der Waals surface area contributed by atoms with Gasteiger partial charge in [0.25, 0.3) is 0 Å². The first-order valence-corrected chi connectivity index (χ1v) is 8.13. The SMILES string of the molecule is CO[C@H](C)C(=O)[C@@H]1O[C@@H]2C[C@H](C)CC[C@@H]2C(C)(C)S1. The van der Waals surface area contributed by atoms with Gasteiger partial charge >= 0.3 is 0 Å². The Morgan fingerprint density at radius 3 is 2.74 bits per heavy atom. The van der Waals surface area contributed by atoms with E-state index in [0.717, 1.165) is 6.42 Å². The number of ketones is 1. The van der Waals surface area contributed by atoms with E-state index in [0.29, 0.717) is 11.8 Å². The summed E-state index contributed by atoms with van der Waals surface area (Å²) in [6.07, 6.45) is 3.43. The smallest absolute Gasteiger partial charge is 0.200 e. The van der Waals surface area contributed by atoms with Crippen molar-refractivity contribution in [3.05, 3.63) is 0 Å². The molecular weight excluding hydrogens is 260 g/mol. The molecule has 1 heterocycles. The van der Waals surface area contributed by atoms with Gasteiger partial charge in [-0.3, -0.25) is 4.79 Å². The van der Waals surface area contributed by atoms with Crippen LogP contribution in [0.2, 0.25) is 0 Å². The molecule has 2 aliphatic rings. The van der Waals surface area contributed by atoms with Crippen LogP contribution in [-0.4, -0.2) is 35.3 Å². The Morgan fingerprint density at radius 1 is 1.42 bits per heavy atom. The minimum absolute atomic E-state index is 0.0669. The third-order valence-electron chi connectivity index (χ3n) is 4.64. The Labute approximate surface area is 120 Å². The van der Waals surface area contributed by atoms with Gasteiger partial charge in [-0.15, -0.1) is 11.8 Å². The van der Waals surface area contributed by atoms with Crippen molar-refractivity contribution in [3.8, 4) is 0 Å². The van der Waals surface area contributed by atoms with Gasteiger partial charge in [0.15, 0.2) is 11.2 Å². The second kappa shape index (κ2) is 5.74. The number of ether oxygens (including phenoxy) is 2. The molecule has 0 aromatic heterocycles. The fourth-order valence-electron chi connectivity index (χ4n) is 3.26. The summed E-state index contributed by atoms with van der Waals surface area (Å²) in [5.74, 6) is 1.34. The van der Waals surface area contributed by atoms with Crippen molar-refractivity contribution in [1.29, 1.82) is 0 Å². The van der Waals surface area contributed by atoms with Gasteiger partial charge in [-0.25, -0.2) is 0 Å². The van der Waals surface area contributed by atoms with E-state index in [9.17, 15) is 4.79 Å². The second-order valence-corrected chi connectivity index (χ2v) is 8.25. The molecule has 1 saturated heterocycles. The van der Waals surface area contributed by atoms with Crippen LogP contribution >= 0.6 is 11.8 Å². The fourth-order valence-corrected chi connectivity index (χ4v) is 4.76. The first-order chi connectivity index (χ1) is 8.85. The number of Topliss-reactive ketones (excluding diaryl/α,β-unsaturated/α-hetero) is 1. The lowest BCUT2D eigenvalue weighted by molar-refractivity contribution is -0.142. The summed E-state index contributed by atoms with van der Waals surface area (Å²) >= 11 is 1.68. The quantitative estimate of drug-likeness (QED) is 0.798. The van der Waals surface area contributed by atoms with Crippen molar-refractivity contribution < 1.29 is 14.3 Å². The van der Waals surface area contributed by atoms with Gasteiger partial charge in [-0.05, 0) is 31.6 Å². The van der Waals surface area contributed by atoms with Crippen LogP contribution in [0.5, 0.6) is 0 Å². The molecule has 1 aliphatic heterocycles. The molecule has 0 bridgehead atoms. The van der Waals surface area contributed by atoms with E-state index in [1.165, 1.54) is 12.8 Å². The maximum Gasteiger partial charge on any atom is 0.200 e. The first-order valence-electron chi connectivity index (χ1n) is 7.25. The van der Waals surface area contributed by atoms with Gasteiger partial charge in [0.05, 0.1) is 6.10 Å². The summed E-state index contributed by atoms with van der Waals surface area (Å²) in [5, 5.41) is 0. The predicted octanol–water partition coefficient (Wildman–Crippen LogP) is 3.26. The van der Waals surface area contributed by atoms with Crippen molar-refractivity contribution >= 4 is 17.5 Å². The third-order valence-corrected chi connectivity index (χ3v) is 6.11. The summed E-state index contributed by atoms with van der Waals surface area (Å²) in [7, 11) is 1.58. The van der Waals surface area contributed by atoms with E-state index in [2.05, 4.69) is 20.8 Å². The lowest BCUT2D eigenvalue weighted by Gasteiger charge is -2.49. The number of fused-ring (bicyclic) bond motifs is 1. The second-order valence-electron chi connectivity index (χ2n) is 6.53. The number of thioether (sulfide) groups is 1. The van der Waals surface area contributed by atoms with Crippen molar-refractivity contribution in [1.82, 2.24) is 0 Å². The number of hydrogen-bond donors (Lipinski definition) is 0. The highest BCUT2D eigenvalue weighted by atomic mass is 32.2. The van der Waals surface area contributed by atoms with Crippen LogP contribution in [-0.2, 0) is 14.3 Å². The number of carbonyl (C=O) groups excluding carboxylic acids is 1. The van der Waals surface area contributed by atoms with E-state index in [1.54, 1.807) is 25.8 Å². The molecule has 0 aromatic rings. The molecule has 1 saturated carbocycles. The molecule has 4 heteroatoms. The van der Waals surface area contributed by atoms with E-state index in [4.69, 9.17) is 9.47 Å². The summed E-state index contributed by atoms with van der Waals surface area (Å²) < 4.78 is 11.4. The largest absolute Gasteiger partial charge is 0.374 e. The lowest BCUT2D eigenvalue weighted by Crippen LogP contribution is -2.51. The van der Waals surface area contributed by atoms with E-state index in [1.807, 2.05) is 0 Å². The van der Waals surface area contributed by atoms with Crippen LogP contribution in [0.3, 0.4) is 0 Å². The molecule has 3 nitrogen and oxygen atoms in total. The maximum atomic E-state index is 12.3.